The Kier molecular flexibility index (Phi) is 4.26. The van der Waals surface area contributed by atoms with Crippen molar-refractivity contribution in [3.05, 3.63) is 34.3 Å². The second-order valence-corrected chi connectivity index (χ2v) is 6.16. The Balaban J connectivity index is 2.16. The van der Waals surface area contributed by atoms with Crippen LogP contribution in [0.1, 0.15) is 24.0 Å². The number of carbonyl (C=O) groups is 1. The molecule has 1 nitrogen and oxygen atoms in total. The van der Waals surface area contributed by atoms with Crippen molar-refractivity contribution in [3.8, 4) is 0 Å². The molecular formula is C13H11BrClF3O. The minimum Gasteiger partial charge on any atom is -0.298 e. The Morgan fingerprint density at radius 1 is 1.42 bits per heavy atom. The first-order chi connectivity index (χ1) is 8.79. The molecule has 0 N–H and O–H groups in total. The average Bonchev–Trinajstić information content (AvgIpc) is 3.13. The van der Waals surface area contributed by atoms with Crippen molar-refractivity contribution in [2.45, 2.75) is 30.3 Å². The van der Waals surface area contributed by atoms with Crippen LogP contribution in [0.4, 0.5) is 13.2 Å². The quantitative estimate of drug-likeness (QED) is 0.719. The number of hydrogen-bond acceptors (Lipinski definition) is 1. The Bertz CT molecular complexity index is 497. The molecule has 6 heteroatoms. The van der Waals surface area contributed by atoms with Gasteiger partial charge < -0.3 is 0 Å². The molecule has 1 saturated carbocycles. The smallest absolute Gasteiger partial charge is 0.298 e. The minimum atomic E-state index is -4.40. The number of halogens is 5. The van der Waals surface area contributed by atoms with Crippen molar-refractivity contribution in [3.63, 3.8) is 0 Å². The molecule has 0 heterocycles. The molecule has 1 atom stereocenters. The molecule has 1 aromatic rings. The van der Waals surface area contributed by atoms with Crippen LogP contribution in [0, 0.1) is 5.92 Å². The Hall–Kier alpha value is -0.550. The van der Waals surface area contributed by atoms with E-state index in [1.54, 1.807) is 0 Å². The van der Waals surface area contributed by atoms with Gasteiger partial charge in [-0.1, -0.05) is 27.5 Å². The Morgan fingerprint density at radius 3 is 2.58 bits per heavy atom. The van der Waals surface area contributed by atoms with E-state index in [0.29, 0.717) is 5.56 Å². The van der Waals surface area contributed by atoms with Crippen LogP contribution in [-0.4, -0.2) is 10.6 Å². The first kappa shape index (κ1) is 14.9. The molecule has 0 aliphatic heterocycles. The van der Waals surface area contributed by atoms with Gasteiger partial charge in [0.15, 0.2) is 0 Å². The highest BCUT2D eigenvalue weighted by atomic mass is 79.9. The summed E-state index contributed by atoms with van der Waals surface area (Å²) in [6.07, 6.45) is -2.48. The molecule has 2 rings (SSSR count). The van der Waals surface area contributed by atoms with Crippen LogP contribution < -0.4 is 0 Å². The summed E-state index contributed by atoms with van der Waals surface area (Å²) in [7, 11) is 0. The second kappa shape index (κ2) is 5.44. The fourth-order valence-corrected chi connectivity index (χ4v) is 2.74. The van der Waals surface area contributed by atoms with Gasteiger partial charge in [-0.25, -0.2) is 0 Å². The lowest BCUT2D eigenvalue weighted by Crippen LogP contribution is -2.19. The summed E-state index contributed by atoms with van der Waals surface area (Å²) >= 11 is 9.13. The zero-order valence-corrected chi connectivity index (χ0v) is 12.1. The predicted octanol–water partition coefficient (Wildman–Crippen LogP) is 4.64. The van der Waals surface area contributed by atoms with E-state index in [2.05, 4.69) is 15.9 Å². The zero-order chi connectivity index (χ0) is 14.2. The molecule has 0 amide bonds. The lowest BCUT2D eigenvalue weighted by molar-refractivity contribution is -0.137. The third-order valence-corrected chi connectivity index (χ3v) is 4.20. The Morgan fingerprint density at radius 2 is 2.05 bits per heavy atom. The van der Waals surface area contributed by atoms with E-state index in [-0.39, 0.29) is 23.1 Å². The number of hydrogen-bond donors (Lipinski definition) is 0. The van der Waals surface area contributed by atoms with Crippen LogP contribution >= 0.6 is 27.5 Å². The summed E-state index contributed by atoms with van der Waals surface area (Å²) in [5.74, 6) is 0.113. The van der Waals surface area contributed by atoms with E-state index in [9.17, 15) is 18.0 Å². The van der Waals surface area contributed by atoms with Gasteiger partial charge in [-0.15, -0.1) is 0 Å². The van der Waals surface area contributed by atoms with Gasteiger partial charge >= 0.3 is 6.18 Å². The number of Topliss-reactive ketones (excluding diaryl/α,β-unsaturated/α-hetero) is 1. The third-order valence-electron chi connectivity index (χ3n) is 3.06. The summed E-state index contributed by atoms with van der Waals surface area (Å²) in [4.78, 5) is 11.3. The maximum absolute atomic E-state index is 12.6. The highest BCUT2D eigenvalue weighted by molar-refractivity contribution is 9.10. The van der Waals surface area contributed by atoms with Crippen LogP contribution in [0.25, 0.3) is 0 Å². The monoisotopic (exact) mass is 354 g/mol. The maximum Gasteiger partial charge on any atom is 0.416 e. The van der Waals surface area contributed by atoms with E-state index >= 15 is 0 Å². The van der Waals surface area contributed by atoms with Crippen molar-refractivity contribution >= 4 is 33.3 Å². The molecular weight excluding hydrogens is 344 g/mol. The van der Waals surface area contributed by atoms with Gasteiger partial charge in [-0.2, -0.15) is 13.2 Å². The van der Waals surface area contributed by atoms with Crippen LogP contribution in [0.15, 0.2) is 18.2 Å². The van der Waals surface area contributed by atoms with Gasteiger partial charge in [0.25, 0.3) is 0 Å². The fraction of sp³-hybridized carbons (Fsp3) is 0.462. The Labute approximate surface area is 122 Å². The summed E-state index contributed by atoms with van der Waals surface area (Å²) in [6, 6.07) is 3.18. The van der Waals surface area contributed by atoms with E-state index in [0.717, 1.165) is 25.0 Å². The molecule has 0 radical (unpaired) electrons. The van der Waals surface area contributed by atoms with E-state index < -0.39 is 16.6 Å². The van der Waals surface area contributed by atoms with Crippen molar-refractivity contribution in [1.29, 1.82) is 0 Å². The number of ketones is 1. The van der Waals surface area contributed by atoms with Crippen LogP contribution in [-0.2, 0) is 17.4 Å². The molecule has 0 saturated heterocycles. The van der Waals surface area contributed by atoms with Crippen molar-refractivity contribution in [2.24, 2.45) is 5.92 Å². The number of rotatable bonds is 4. The first-order valence-corrected chi connectivity index (χ1v) is 7.12. The van der Waals surface area contributed by atoms with E-state index in [1.165, 1.54) is 6.07 Å². The van der Waals surface area contributed by atoms with Gasteiger partial charge in [0, 0.05) is 10.9 Å². The van der Waals surface area contributed by atoms with Gasteiger partial charge in [0.2, 0.25) is 0 Å². The van der Waals surface area contributed by atoms with Crippen LogP contribution in [0.2, 0.25) is 5.02 Å². The van der Waals surface area contributed by atoms with Gasteiger partial charge in [-0.3, -0.25) is 4.79 Å². The van der Waals surface area contributed by atoms with Crippen molar-refractivity contribution < 1.29 is 18.0 Å². The number of benzene rings is 1. The maximum atomic E-state index is 12.6. The normalized spacial score (nSPS) is 17.3. The second-order valence-electron chi connectivity index (χ2n) is 4.65. The number of alkyl halides is 4. The molecule has 104 valence electrons. The van der Waals surface area contributed by atoms with Gasteiger partial charge in [0.05, 0.1) is 10.4 Å². The molecule has 1 aromatic carbocycles. The highest BCUT2D eigenvalue weighted by Crippen LogP contribution is 2.35. The molecule has 1 unspecified atom stereocenters. The summed E-state index contributed by atoms with van der Waals surface area (Å²) in [5.41, 5.74) is -0.405. The molecule has 1 aliphatic rings. The van der Waals surface area contributed by atoms with Crippen molar-refractivity contribution in [2.75, 3.05) is 0 Å². The van der Waals surface area contributed by atoms with Gasteiger partial charge in [-0.05, 0) is 43.0 Å². The summed E-state index contributed by atoms with van der Waals surface area (Å²) in [6.45, 7) is 0. The molecule has 19 heavy (non-hydrogen) atoms. The fourth-order valence-electron chi connectivity index (χ4n) is 1.82. The topological polar surface area (TPSA) is 17.1 Å². The van der Waals surface area contributed by atoms with Crippen LogP contribution in [0.3, 0.4) is 0 Å². The molecule has 1 fully saturated rings. The van der Waals surface area contributed by atoms with Crippen LogP contribution in [0.5, 0.6) is 0 Å². The lowest BCUT2D eigenvalue weighted by atomic mass is 10.0. The summed E-state index contributed by atoms with van der Waals surface area (Å²) < 4.78 is 37.8. The predicted molar refractivity (Wildman–Crippen MR) is 70.6 cm³/mol. The highest BCUT2D eigenvalue weighted by Gasteiger charge is 2.35. The van der Waals surface area contributed by atoms with Gasteiger partial charge in [0.1, 0.15) is 5.78 Å². The van der Waals surface area contributed by atoms with Crippen molar-refractivity contribution in [1.82, 2.24) is 0 Å². The van der Waals surface area contributed by atoms with E-state index in [1.807, 2.05) is 0 Å². The molecule has 0 aromatic heterocycles. The summed E-state index contributed by atoms with van der Waals surface area (Å²) in [5, 5.41) is 0.251. The molecule has 1 aliphatic carbocycles. The standard InChI is InChI=1S/C13H11BrClF3O/c14-10(12(19)7-1-2-7)6-8-5-9(13(16,17)18)3-4-11(8)15/h3-5,7,10H,1-2,6H2. The SMILES string of the molecule is O=C(C(Br)Cc1cc(C(F)(F)F)ccc1Cl)C1CC1. The largest absolute Gasteiger partial charge is 0.416 e. The number of carbonyl (C=O) groups excluding carboxylic acids is 1. The zero-order valence-electron chi connectivity index (χ0n) is 9.81. The molecule has 0 spiro atoms. The lowest BCUT2D eigenvalue weighted by Gasteiger charge is -2.13. The first-order valence-electron chi connectivity index (χ1n) is 5.82. The average molecular weight is 356 g/mol. The van der Waals surface area contributed by atoms with E-state index in [4.69, 9.17) is 11.6 Å². The molecule has 0 bridgehead atoms. The third kappa shape index (κ3) is 3.72. The minimum absolute atomic E-state index is 0.0495.